The molecule has 2 N–H and O–H groups in total. The van der Waals surface area contributed by atoms with E-state index in [-0.39, 0.29) is 15.6 Å². The van der Waals surface area contributed by atoms with E-state index in [2.05, 4.69) is 4.98 Å². The van der Waals surface area contributed by atoms with Crippen LogP contribution in [0.25, 0.3) is 0 Å². The highest BCUT2D eigenvalue weighted by Crippen LogP contribution is 2.22. The van der Waals surface area contributed by atoms with Crippen LogP contribution in [-0.4, -0.2) is 36.4 Å². The summed E-state index contributed by atoms with van der Waals surface area (Å²) in [7, 11) is -2.00. The lowest BCUT2D eigenvalue weighted by Gasteiger charge is -2.17. The Balaban J connectivity index is 1.69. The smallest absolute Gasteiger partial charge is 0.307 e. The maximum Gasteiger partial charge on any atom is 0.307 e. The number of aromatic amines is 1. The summed E-state index contributed by atoms with van der Waals surface area (Å²) in [5.74, 6) is -0.137. The fourth-order valence-electron chi connectivity index (χ4n) is 2.67. The van der Waals surface area contributed by atoms with Gasteiger partial charge in [-0.15, -0.1) is 0 Å². The van der Waals surface area contributed by atoms with Crippen molar-refractivity contribution in [3.63, 3.8) is 0 Å². The molecular formula is C19H20N2O4S2. The van der Waals surface area contributed by atoms with Crippen LogP contribution in [0.3, 0.4) is 0 Å². The maximum atomic E-state index is 12.7. The fraction of sp³-hybridized carbons (Fsp3) is 0.211. The first kappa shape index (κ1) is 19.3. The highest BCUT2D eigenvalue weighted by atomic mass is 32.2. The van der Waals surface area contributed by atoms with Gasteiger partial charge in [0.1, 0.15) is 0 Å². The summed E-state index contributed by atoms with van der Waals surface area (Å²) in [5, 5.41) is 9.65. The van der Waals surface area contributed by atoms with Crippen LogP contribution in [0.5, 0.6) is 5.88 Å². The molecule has 0 spiro atoms. The number of nitrogens with one attached hydrogen (secondary N) is 1. The Morgan fingerprint density at radius 2 is 1.70 bits per heavy atom. The van der Waals surface area contributed by atoms with E-state index in [9.17, 15) is 18.3 Å². The number of likely N-dealkylation sites (N-methyl/N-ethyl adjacent to an activating group) is 1. The molecule has 0 fully saturated rings. The van der Waals surface area contributed by atoms with Gasteiger partial charge >= 0.3 is 4.87 Å². The molecule has 0 atom stereocenters. The van der Waals surface area contributed by atoms with E-state index in [1.54, 1.807) is 31.3 Å². The standard InChI is InChI=1S/C19H20N2O4S2/c1-21(12-11-14-5-3-2-4-6-14)27(24,25)16-9-7-15(8-10-16)13-17-18(22)20-19(23)26-17/h2-10,22H,11-13H2,1H3,(H,20,23). The van der Waals surface area contributed by atoms with Crippen molar-refractivity contribution in [2.24, 2.45) is 0 Å². The Bertz CT molecular complexity index is 1060. The molecule has 2 aromatic carbocycles. The van der Waals surface area contributed by atoms with E-state index in [4.69, 9.17) is 0 Å². The maximum absolute atomic E-state index is 12.7. The van der Waals surface area contributed by atoms with Crippen molar-refractivity contribution >= 4 is 21.4 Å². The van der Waals surface area contributed by atoms with Crippen LogP contribution in [-0.2, 0) is 22.9 Å². The lowest BCUT2D eigenvalue weighted by molar-refractivity contribution is 0.451. The Hall–Kier alpha value is -2.42. The van der Waals surface area contributed by atoms with E-state index < -0.39 is 10.0 Å². The van der Waals surface area contributed by atoms with E-state index in [0.29, 0.717) is 24.3 Å². The molecule has 0 aliphatic heterocycles. The third-order valence-electron chi connectivity index (χ3n) is 4.25. The third-order valence-corrected chi connectivity index (χ3v) is 7.00. The van der Waals surface area contributed by atoms with Crippen molar-refractivity contribution in [1.82, 2.24) is 9.29 Å². The summed E-state index contributed by atoms with van der Waals surface area (Å²) in [6.07, 6.45) is 1.000. The number of aromatic nitrogens is 1. The molecule has 8 heteroatoms. The number of H-pyrrole nitrogens is 1. The van der Waals surface area contributed by atoms with Gasteiger partial charge in [-0.1, -0.05) is 53.8 Å². The lowest BCUT2D eigenvalue weighted by Crippen LogP contribution is -2.29. The molecule has 0 saturated heterocycles. The van der Waals surface area contributed by atoms with Crippen LogP contribution in [0.15, 0.2) is 64.3 Å². The second-order valence-electron chi connectivity index (χ2n) is 6.17. The van der Waals surface area contributed by atoms with Crippen molar-refractivity contribution in [2.75, 3.05) is 13.6 Å². The van der Waals surface area contributed by atoms with Crippen molar-refractivity contribution in [2.45, 2.75) is 17.7 Å². The molecule has 3 aromatic rings. The minimum atomic E-state index is -3.57. The minimum Gasteiger partial charge on any atom is -0.494 e. The van der Waals surface area contributed by atoms with Crippen molar-refractivity contribution in [3.8, 4) is 5.88 Å². The number of thiazole rings is 1. The molecule has 142 valence electrons. The van der Waals surface area contributed by atoms with E-state index >= 15 is 0 Å². The Kier molecular flexibility index (Phi) is 5.79. The predicted octanol–water partition coefficient (Wildman–Crippen LogP) is 2.60. The van der Waals surface area contributed by atoms with Gasteiger partial charge in [-0.3, -0.25) is 9.78 Å². The van der Waals surface area contributed by atoms with Gasteiger partial charge in [-0.2, -0.15) is 0 Å². The molecular weight excluding hydrogens is 384 g/mol. The van der Waals surface area contributed by atoms with Gasteiger partial charge in [0.25, 0.3) is 0 Å². The van der Waals surface area contributed by atoms with Gasteiger partial charge in [0.05, 0.1) is 9.77 Å². The van der Waals surface area contributed by atoms with Gasteiger partial charge in [-0.05, 0) is 29.7 Å². The first-order valence-electron chi connectivity index (χ1n) is 8.36. The molecule has 0 radical (unpaired) electrons. The van der Waals surface area contributed by atoms with E-state index in [1.807, 2.05) is 30.3 Å². The zero-order valence-corrected chi connectivity index (χ0v) is 16.4. The largest absolute Gasteiger partial charge is 0.494 e. The molecule has 6 nitrogen and oxygen atoms in total. The van der Waals surface area contributed by atoms with Crippen LogP contribution >= 0.6 is 11.3 Å². The molecule has 1 heterocycles. The quantitative estimate of drug-likeness (QED) is 0.633. The van der Waals surface area contributed by atoms with Crippen LogP contribution in [0, 0.1) is 0 Å². The van der Waals surface area contributed by atoms with Crippen LogP contribution in [0.1, 0.15) is 16.0 Å². The third kappa shape index (κ3) is 4.65. The molecule has 27 heavy (non-hydrogen) atoms. The average Bonchev–Trinajstić information content (AvgIpc) is 2.98. The van der Waals surface area contributed by atoms with Gasteiger partial charge in [0, 0.05) is 20.0 Å². The molecule has 0 aliphatic rings. The molecule has 0 aliphatic carbocycles. The molecule has 1 aromatic heterocycles. The fourth-order valence-corrected chi connectivity index (χ4v) is 4.60. The number of hydrogen-bond acceptors (Lipinski definition) is 5. The topological polar surface area (TPSA) is 90.5 Å². The first-order valence-corrected chi connectivity index (χ1v) is 10.6. The highest BCUT2D eigenvalue weighted by Gasteiger charge is 2.20. The van der Waals surface area contributed by atoms with Gasteiger partial charge in [-0.25, -0.2) is 12.7 Å². The SMILES string of the molecule is CN(CCc1ccccc1)S(=O)(=O)c1ccc(Cc2sc(=O)[nH]c2O)cc1. The number of rotatable bonds is 7. The Labute approximate surface area is 161 Å². The van der Waals surface area contributed by atoms with Crippen molar-refractivity contribution < 1.29 is 13.5 Å². The van der Waals surface area contributed by atoms with Crippen LogP contribution in [0.2, 0.25) is 0 Å². The molecule has 0 unspecified atom stereocenters. The normalized spacial score (nSPS) is 11.8. The number of hydrogen-bond donors (Lipinski definition) is 2. The zero-order chi connectivity index (χ0) is 19.4. The van der Waals surface area contributed by atoms with Crippen LogP contribution < -0.4 is 4.87 Å². The summed E-state index contributed by atoms with van der Waals surface area (Å²) >= 11 is 0.941. The van der Waals surface area contributed by atoms with Crippen LogP contribution in [0.4, 0.5) is 0 Å². The molecule has 0 amide bonds. The second-order valence-corrected chi connectivity index (χ2v) is 9.28. The van der Waals surface area contributed by atoms with Crippen molar-refractivity contribution in [3.05, 3.63) is 80.3 Å². The summed E-state index contributed by atoms with van der Waals surface area (Å²) in [5.41, 5.74) is 1.90. The second kappa shape index (κ2) is 8.08. The summed E-state index contributed by atoms with van der Waals surface area (Å²) < 4.78 is 26.8. The van der Waals surface area contributed by atoms with Gasteiger partial charge < -0.3 is 5.11 Å². The minimum absolute atomic E-state index is 0.137. The summed E-state index contributed by atoms with van der Waals surface area (Å²) in [6.45, 7) is 0.388. The number of aromatic hydroxyl groups is 1. The number of sulfonamides is 1. The Morgan fingerprint density at radius 1 is 1.04 bits per heavy atom. The van der Waals surface area contributed by atoms with Crippen molar-refractivity contribution in [1.29, 1.82) is 0 Å². The number of benzene rings is 2. The highest BCUT2D eigenvalue weighted by molar-refractivity contribution is 7.89. The Morgan fingerprint density at radius 3 is 2.30 bits per heavy atom. The zero-order valence-electron chi connectivity index (χ0n) is 14.8. The average molecular weight is 405 g/mol. The molecule has 3 rings (SSSR count). The summed E-state index contributed by atoms with van der Waals surface area (Å²) in [4.78, 5) is 14.0. The van der Waals surface area contributed by atoms with Gasteiger partial charge in [0.15, 0.2) is 0 Å². The van der Waals surface area contributed by atoms with Gasteiger partial charge in [0.2, 0.25) is 15.9 Å². The molecule has 0 saturated carbocycles. The summed E-state index contributed by atoms with van der Waals surface area (Å²) in [6, 6.07) is 16.2. The number of nitrogens with zero attached hydrogens (tertiary/aromatic N) is 1. The monoisotopic (exact) mass is 404 g/mol. The first-order chi connectivity index (χ1) is 12.9. The van der Waals surface area contributed by atoms with E-state index in [1.165, 1.54) is 4.31 Å². The lowest BCUT2D eigenvalue weighted by atomic mass is 10.1. The van der Waals surface area contributed by atoms with E-state index in [0.717, 1.165) is 22.5 Å². The molecule has 0 bridgehead atoms. The predicted molar refractivity (Wildman–Crippen MR) is 106 cm³/mol.